The van der Waals surface area contributed by atoms with Gasteiger partial charge in [-0.25, -0.2) is 8.42 Å². The molecule has 32 heavy (non-hydrogen) atoms. The second-order valence-electron chi connectivity index (χ2n) is 9.41. The van der Waals surface area contributed by atoms with Gasteiger partial charge in [0.1, 0.15) is 0 Å². The summed E-state index contributed by atoms with van der Waals surface area (Å²) in [6, 6.07) is 7.27. The number of hydrogen-bond acceptors (Lipinski definition) is 5. The van der Waals surface area contributed by atoms with Gasteiger partial charge in [0.2, 0.25) is 10.0 Å². The van der Waals surface area contributed by atoms with Crippen molar-refractivity contribution < 1.29 is 13.2 Å². The zero-order valence-corrected chi connectivity index (χ0v) is 19.8. The molecule has 0 radical (unpaired) electrons. The molecule has 2 aromatic rings. The van der Waals surface area contributed by atoms with Crippen LogP contribution in [0.2, 0.25) is 5.02 Å². The van der Waals surface area contributed by atoms with Gasteiger partial charge in [-0.1, -0.05) is 11.6 Å². The van der Waals surface area contributed by atoms with Crippen LogP contribution in [0.3, 0.4) is 0 Å². The van der Waals surface area contributed by atoms with Gasteiger partial charge in [-0.3, -0.25) is 14.7 Å². The number of carbonyl (C=O) groups is 1. The van der Waals surface area contributed by atoms with Crippen molar-refractivity contribution in [3.63, 3.8) is 0 Å². The number of hydrogen-bond donors (Lipinski definition) is 1. The minimum atomic E-state index is -3.18. The lowest BCUT2D eigenvalue weighted by Crippen LogP contribution is -2.46. The third-order valence-electron chi connectivity index (χ3n) is 6.68. The minimum Gasteiger partial charge on any atom is -0.380 e. The summed E-state index contributed by atoms with van der Waals surface area (Å²) < 4.78 is 26.9. The van der Waals surface area contributed by atoms with Crippen LogP contribution in [0.5, 0.6) is 0 Å². The van der Waals surface area contributed by atoms with Gasteiger partial charge in [0.05, 0.1) is 34.6 Å². The Hall–Kier alpha value is -2.16. The highest BCUT2D eigenvalue weighted by atomic mass is 35.5. The minimum absolute atomic E-state index is 0.00705. The van der Waals surface area contributed by atoms with Crippen LogP contribution >= 0.6 is 11.6 Å². The third kappa shape index (κ3) is 3.68. The van der Waals surface area contributed by atoms with E-state index in [1.54, 1.807) is 33.7 Å². The maximum Gasteiger partial charge on any atom is 0.259 e. The van der Waals surface area contributed by atoms with E-state index in [-0.39, 0.29) is 17.2 Å². The van der Waals surface area contributed by atoms with Crippen molar-refractivity contribution in [3.05, 3.63) is 52.8 Å². The zero-order valence-electron chi connectivity index (χ0n) is 18.2. The fraction of sp³-hybridized carbons (Fsp3) is 0.478. The Labute approximate surface area is 193 Å². The number of nitrogens with one attached hydrogen (secondary N) is 1. The van der Waals surface area contributed by atoms with E-state index >= 15 is 0 Å². The van der Waals surface area contributed by atoms with Crippen molar-refractivity contribution in [1.29, 1.82) is 0 Å². The molecule has 2 fully saturated rings. The first kappa shape index (κ1) is 21.7. The number of aromatic nitrogens is 1. The molecule has 0 bridgehead atoms. The predicted molar refractivity (Wildman–Crippen MR) is 126 cm³/mol. The first-order chi connectivity index (χ1) is 15.2. The second kappa shape index (κ2) is 7.71. The largest absolute Gasteiger partial charge is 0.380 e. The van der Waals surface area contributed by atoms with Gasteiger partial charge in [-0.15, -0.1) is 0 Å². The Morgan fingerprint density at radius 3 is 2.69 bits per heavy atom. The Morgan fingerprint density at radius 1 is 1.16 bits per heavy atom. The molecule has 2 aliphatic heterocycles. The molecule has 9 heteroatoms. The average molecular weight is 475 g/mol. The fourth-order valence-electron chi connectivity index (χ4n) is 4.88. The molecule has 1 atom stereocenters. The van der Waals surface area contributed by atoms with Gasteiger partial charge in [-0.2, -0.15) is 4.31 Å². The van der Waals surface area contributed by atoms with Crippen LogP contribution in [-0.2, 0) is 15.6 Å². The molecule has 170 valence electrons. The van der Waals surface area contributed by atoms with Crippen molar-refractivity contribution in [2.45, 2.75) is 56.4 Å². The number of pyridine rings is 1. The number of halogens is 1. The fourth-order valence-corrected chi connectivity index (χ4v) is 6.97. The van der Waals surface area contributed by atoms with Gasteiger partial charge >= 0.3 is 0 Å². The average Bonchev–Trinajstić information content (AvgIpc) is 3.58. The number of anilines is 2. The molecule has 1 N–H and O–H groups in total. The second-order valence-corrected chi connectivity index (χ2v) is 12.1. The number of rotatable bonds is 5. The van der Waals surface area contributed by atoms with Crippen molar-refractivity contribution in [3.8, 4) is 0 Å². The summed E-state index contributed by atoms with van der Waals surface area (Å²) in [6.07, 6.45) is 6.66. The maximum atomic E-state index is 13.2. The molecule has 7 nitrogen and oxygen atoms in total. The number of benzene rings is 1. The van der Waals surface area contributed by atoms with E-state index in [4.69, 9.17) is 11.6 Å². The highest BCUT2D eigenvalue weighted by Gasteiger charge is 2.44. The van der Waals surface area contributed by atoms with Crippen LogP contribution in [0.4, 0.5) is 11.4 Å². The molecule has 0 spiro atoms. The number of sulfonamides is 1. The van der Waals surface area contributed by atoms with E-state index in [1.807, 2.05) is 26.0 Å². The monoisotopic (exact) mass is 474 g/mol. The molecule has 1 saturated carbocycles. The van der Waals surface area contributed by atoms with Crippen LogP contribution in [0.25, 0.3) is 0 Å². The van der Waals surface area contributed by atoms with Crippen molar-refractivity contribution >= 4 is 38.9 Å². The van der Waals surface area contributed by atoms with Gasteiger partial charge in [-0.05, 0) is 69.4 Å². The standard InChI is InChI=1S/C23H27ClN4O3S/c1-23(2)21-10-15(24)5-8-20(21)22(29)28(23)18-11-17(12-25-13-18)26-16-4-3-9-27(14-16)32(30,31)19-6-7-19/h5,8,10-13,16,19,26H,3-4,6-7,9,14H2,1-2H3/t16-/m1/s1. The van der Waals surface area contributed by atoms with Crippen molar-refractivity contribution in [1.82, 2.24) is 9.29 Å². The summed E-state index contributed by atoms with van der Waals surface area (Å²) in [5, 5.41) is 3.86. The SMILES string of the molecule is CC1(C)c2cc(Cl)ccc2C(=O)N1c1cncc(N[C@@H]2CCCN(S(=O)(=O)C3CC3)C2)c1. The summed E-state index contributed by atoms with van der Waals surface area (Å²) in [7, 11) is -3.18. The summed E-state index contributed by atoms with van der Waals surface area (Å²) in [6.45, 7) is 5.04. The molecule has 0 unspecified atom stereocenters. The first-order valence-corrected chi connectivity index (χ1v) is 12.9. The van der Waals surface area contributed by atoms with E-state index in [2.05, 4.69) is 10.3 Å². The maximum absolute atomic E-state index is 13.2. The molecule has 1 amide bonds. The van der Waals surface area contributed by atoms with Crippen LogP contribution < -0.4 is 10.2 Å². The highest BCUT2D eigenvalue weighted by Crippen LogP contribution is 2.43. The Kier molecular flexibility index (Phi) is 5.22. The lowest BCUT2D eigenvalue weighted by Gasteiger charge is -2.34. The number of carbonyl (C=O) groups excluding carboxylic acids is 1. The van der Waals surface area contributed by atoms with E-state index in [0.29, 0.717) is 29.4 Å². The number of amides is 1. The Balaban J connectivity index is 1.37. The number of piperidine rings is 1. The van der Waals surface area contributed by atoms with E-state index in [9.17, 15) is 13.2 Å². The van der Waals surface area contributed by atoms with E-state index in [1.165, 1.54) is 0 Å². The summed E-state index contributed by atoms with van der Waals surface area (Å²) >= 11 is 6.19. The molecule has 5 rings (SSSR count). The molecule has 1 aliphatic carbocycles. The Morgan fingerprint density at radius 2 is 1.94 bits per heavy atom. The predicted octanol–water partition coefficient (Wildman–Crippen LogP) is 4.00. The lowest BCUT2D eigenvalue weighted by atomic mass is 9.93. The topological polar surface area (TPSA) is 82.6 Å². The third-order valence-corrected chi connectivity index (χ3v) is 9.28. The van der Waals surface area contributed by atoms with Crippen LogP contribution in [0.15, 0.2) is 36.7 Å². The van der Waals surface area contributed by atoms with Crippen LogP contribution in [-0.4, -0.2) is 48.0 Å². The van der Waals surface area contributed by atoms with Gasteiger partial charge in [0.25, 0.3) is 5.91 Å². The van der Waals surface area contributed by atoms with Gasteiger partial charge in [0.15, 0.2) is 0 Å². The highest BCUT2D eigenvalue weighted by molar-refractivity contribution is 7.90. The van der Waals surface area contributed by atoms with Crippen LogP contribution in [0.1, 0.15) is 55.5 Å². The molecular weight excluding hydrogens is 448 g/mol. The summed E-state index contributed by atoms with van der Waals surface area (Å²) in [4.78, 5) is 19.3. The van der Waals surface area contributed by atoms with Crippen molar-refractivity contribution in [2.75, 3.05) is 23.3 Å². The van der Waals surface area contributed by atoms with Gasteiger partial charge < -0.3 is 5.32 Å². The smallest absolute Gasteiger partial charge is 0.259 e. The number of nitrogens with zero attached hydrogens (tertiary/aromatic N) is 3. The van der Waals surface area contributed by atoms with E-state index in [0.717, 1.165) is 36.9 Å². The molecule has 3 aliphatic rings. The molecule has 1 aromatic carbocycles. The van der Waals surface area contributed by atoms with E-state index < -0.39 is 15.6 Å². The molecule has 1 aromatic heterocycles. The first-order valence-electron chi connectivity index (χ1n) is 11.0. The molecule has 1 saturated heterocycles. The number of fused-ring (bicyclic) bond motifs is 1. The van der Waals surface area contributed by atoms with Crippen LogP contribution in [0, 0.1) is 0 Å². The lowest BCUT2D eigenvalue weighted by molar-refractivity contribution is 0.0982. The zero-order chi connectivity index (χ0) is 22.7. The summed E-state index contributed by atoms with van der Waals surface area (Å²) in [5.74, 6) is -0.0833. The normalized spacial score (nSPS) is 23.3. The summed E-state index contributed by atoms with van der Waals surface area (Å²) in [5.41, 5.74) is 2.43. The van der Waals surface area contributed by atoms with Crippen molar-refractivity contribution in [2.24, 2.45) is 0 Å². The molecule has 3 heterocycles. The van der Waals surface area contributed by atoms with Gasteiger partial charge in [0, 0.05) is 29.7 Å². The molecular formula is C23H27ClN4O3S. The Bertz CT molecular complexity index is 1180. The quantitative estimate of drug-likeness (QED) is 0.708.